The first-order valence-electron chi connectivity index (χ1n) is 10.5. The van der Waals surface area contributed by atoms with Crippen LogP contribution in [0.5, 0.6) is 5.75 Å². The lowest BCUT2D eigenvalue weighted by Crippen LogP contribution is -2.34. The van der Waals surface area contributed by atoms with Gasteiger partial charge in [0.05, 0.1) is 17.1 Å². The molecule has 0 aliphatic heterocycles. The van der Waals surface area contributed by atoms with E-state index in [0.29, 0.717) is 28.1 Å². The fourth-order valence-electron chi connectivity index (χ4n) is 2.95. The Hall–Kier alpha value is -2.83. The Morgan fingerprint density at radius 2 is 1.71 bits per heavy atom. The molecule has 0 aromatic heterocycles. The van der Waals surface area contributed by atoms with Crippen molar-refractivity contribution in [3.05, 3.63) is 88.4 Å². The average Bonchev–Trinajstić information content (AvgIpc) is 2.84. The summed E-state index contributed by atoms with van der Waals surface area (Å²) in [6.07, 6.45) is 0. The largest absolute Gasteiger partial charge is 0.490 e. The van der Waals surface area contributed by atoms with E-state index < -0.39 is 15.9 Å². The molecule has 0 heterocycles. The van der Waals surface area contributed by atoms with Crippen molar-refractivity contribution in [1.29, 1.82) is 0 Å². The van der Waals surface area contributed by atoms with E-state index in [9.17, 15) is 13.2 Å². The van der Waals surface area contributed by atoms with Gasteiger partial charge >= 0.3 is 0 Å². The van der Waals surface area contributed by atoms with E-state index in [2.05, 4.69) is 31.3 Å². The number of hydrogen-bond donors (Lipinski definition) is 3. The van der Waals surface area contributed by atoms with Gasteiger partial charge < -0.3 is 14.8 Å². The normalized spacial score (nSPS) is 11.0. The monoisotopic (exact) mass is 577 g/mol. The van der Waals surface area contributed by atoms with Crippen molar-refractivity contribution in [2.24, 2.45) is 0 Å². The number of amides is 1. The molecule has 1 amide bonds. The molecular formula is C24H24BrN3O5S2. The standard InChI is InChI=1S/C24H24BrN3O5S2/c1-32-13-14-33-22-12-7-18(25)15-21(22)23(29)28-24(34)27-19-8-10-20(11-9-19)35(30,31)26-16-17-5-3-2-4-6-17/h2-12,15,26H,13-14,16H2,1H3,(H2,27,28,29,34). The highest BCUT2D eigenvalue weighted by Gasteiger charge is 2.16. The minimum Gasteiger partial charge on any atom is -0.490 e. The number of rotatable bonds is 10. The third-order valence-electron chi connectivity index (χ3n) is 4.69. The predicted molar refractivity (Wildman–Crippen MR) is 142 cm³/mol. The van der Waals surface area contributed by atoms with E-state index in [1.807, 2.05) is 30.3 Å². The van der Waals surface area contributed by atoms with Crippen molar-refractivity contribution in [3.63, 3.8) is 0 Å². The molecule has 0 saturated heterocycles. The zero-order valence-corrected chi connectivity index (χ0v) is 22.0. The SMILES string of the molecule is COCCOc1ccc(Br)cc1C(=O)NC(=S)Nc1ccc(S(=O)(=O)NCc2ccccc2)cc1. The maximum absolute atomic E-state index is 12.8. The number of thiocarbonyl (C=S) groups is 1. The molecule has 184 valence electrons. The minimum atomic E-state index is -3.68. The van der Waals surface area contributed by atoms with Crippen molar-refractivity contribution in [3.8, 4) is 5.75 Å². The van der Waals surface area contributed by atoms with Gasteiger partial charge in [-0.25, -0.2) is 13.1 Å². The number of carbonyl (C=O) groups excluding carboxylic acids is 1. The van der Waals surface area contributed by atoms with E-state index in [-0.39, 0.29) is 23.2 Å². The van der Waals surface area contributed by atoms with Gasteiger partial charge in [-0.2, -0.15) is 0 Å². The van der Waals surface area contributed by atoms with Gasteiger partial charge in [0.15, 0.2) is 5.11 Å². The number of ether oxygens (including phenoxy) is 2. The summed E-state index contributed by atoms with van der Waals surface area (Å²) < 4.78 is 39.0. The number of methoxy groups -OCH3 is 1. The summed E-state index contributed by atoms with van der Waals surface area (Å²) in [5.41, 5.74) is 1.67. The van der Waals surface area contributed by atoms with Gasteiger partial charge in [0.25, 0.3) is 5.91 Å². The number of benzene rings is 3. The van der Waals surface area contributed by atoms with Gasteiger partial charge in [-0.1, -0.05) is 46.3 Å². The van der Waals surface area contributed by atoms with Crippen LogP contribution < -0.4 is 20.1 Å². The molecule has 0 saturated carbocycles. The third-order valence-corrected chi connectivity index (χ3v) is 6.80. The number of nitrogens with one attached hydrogen (secondary N) is 3. The quantitative estimate of drug-likeness (QED) is 0.246. The molecule has 0 atom stereocenters. The molecule has 0 aliphatic rings. The van der Waals surface area contributed by atoms with Gasteiger partial charge in [-0.15, -0.1) is 0 Å². The lowest BCUT2D eigenvalue weighted by Gasteiger charge is -2.14. The molecule has 0 bridgehead atoms. The molecule has 0 spiro atoms. The van der Waals surface area contributed by atoms with Crippen LogP contribution in [0, 0.1) is 0 Å². The van der Waals surface area contributed by atoms with Crippen LogP contribution in [0.4, 0.5) is 5.69 Å². The Morgan fingerprint density at radius 1 is 1.00 bits per heavy atom. The van der Waals surface area contributed by atoms with E-state index in [4.69, 9.17) is 21.7 Å². The van der Waals surface area contributed by atoms with Crippen LogP contribution in [0.25, 0.3) is 0 Å². The number of sulfonamides is 1. The van der Waals surface area contributed by atoms with E-state index in [0.717, 1.165) is 5.56 Å². The first-order valence-corrected chi connectivity index (χ1v) is 13.1. The van der Waals surface area contributed by atoms with E-state index >= 15 is 0 Å². The topological polar surface area (TPSA) is 106 Å². The lowest BCUT2D eigenvalue weighted by atomic mass is 10.2. The smallest absolute Gasteiger partial charge is 0.261 e. The highest BCUT2D eigenvalue weighted by molar-refractivity contribution is 9.10. The summed E-state index contributed by atoms with van der Waals surface area (Å²) in [5.74, 6) is -0.0661. The number of anilines is 1. The highest BCUT2D eigenvalue weighted by atomic mass is 79.9. The molecule has 0 fully saturated rings. The summed E-state index contributed by atoms with van der Waals surface area (Å²) >= 11 is 8.60. The summed E-state index contributed by atoms with van der Waals surface area (Å²) in [7, 11) is -2.12. The number of carbonyl (C=O) groups is 1. The minimum absolute atomic E-state index is 0.0515. The Morgan fingerprint density at radius 3 is 2.40 bits per heavy atom. The van der Waals surface area contributed by atoms with Crippen molar-refractivity contribution >= 4 is 54.9 Å². The van der Waals surface area contributed by atoms with Gasteiger partial charge in [0.2, 0.25) is 10.0 Å². The van der Waals surface area contributed by atoms with Crippen molar-refractivity contribution in [2.75, 3.05) is 25.6 Å². The van der Waals surface area contributed by atoms with Crippen LogP contribution in [0.3, 0.4) is 0 Å². The lowest BCUT2D eigenvalue weighted by molar-refractivity contribution is 0.0969. The second-order valence-corrected chi connectivity index (χ2v) is 10.3. The first kappa shape index (κ1) is 26.8. The van der Waals surface area contributed by atoms with Crippen molar-refractivity contribution in [1.82, 2.24) is 10.0 Å². The highest BCUT2D eigenvalue weighted by Crippen LogP contribution is 2.23. The maximum Gasteiger partial charge on any atom is 0.261 e. The molecule has 0 aliphatic carbocycles. The Balaban J connectivity index is 1.59. The molecular weight excluding hydrogens is 554 g/mol. The zero-order valence-electron chi connectivity index (χ0n) is 18.8. The molecule has 3 N–H and O–H groups in total. The van der Waals surface area contributed by atoms with Crippen LogP contribution in [-0.4, -0.2) is 39.8 Å². The third kappa shape index (κ3) is 8.11. The van der Waals surface area contributed by atoms with E-state index in [1.165, 1.54) is 12.1 Å². The number of halogens is 1. The van der Waals surface area contributed by atoms with Gasteiger partial charge in [-0.05, 0) is 60.2 Å². The van der Waals surface area contributed by atoms with Crippen LogP contribution in [-0.2, 0) is 21.3 Å². The van der Waals surface area contributed by atoms with Crippen LogP contribution in [0.2, 0.25) is 0 Å². The molecule has 3 aromatic rings. The summed E-state index contributed by atoms with van der Waals surface area (Å²) in [6, 6.07) is 20.3. The van der Waals surface area contributed by atoms with Crippen molar-refractivity contribution in [2.45, 2.75) is 11.4 Å². The Bertz CT molecular complexity index is 1270. The molecule has 0 unspecified atom stereocenters. The van der Waals surface area contributed by atoms with Crippen LogP contribution in [0.1, 0.15) is 15.9 Å². The fourth-order valence-corrected chi connectivity index (χ4v) is 4.54. The van der Waals surface area contributed by atoms with Crippen LogP contribution in [0.15, 0.2) is 82.2 Å². The summed E-state index contributed by atoms with van der Waals surface area (Å²) in [4.78, 5) is 12.9. The Labute approximate surface area is 218 Å². The van der Waals surface area contributed by atoms with Gasteiger partial charge in [-0.3, -0.25) is 10.1 Å². The number of hydrogen-bond acceptors (Lipinski definition) is 6. The summed E-state index contributed by atoms with van der Waals surface area (Å²) in [5, 5.41) is 5.53. The van der Waals surface area contributed by atoms with Crippen molar-refractivity contribution < 1.29 is 22.7 Å². The fraction of sp³-hybridized carbons (Fsp3) is 0.167. The molecule has 35 heavy (non-hydrogen) atoms. The Kier molecular flexibility index (Phi) is 9.75. The molecule has 3 aromatic carbocycles. The van der Waals surface area contributed by atoms with E-state index in [1.54, 1.807) is 37.4 Å². The van der Waals surface area contributed by atoms with Crippen LogP contribution >= 0.6 is 28.1 Å². The molecule has 8 nitrogen and oxygen atoms in total. The molecule has 0 radical (unpaired) electrons. The second kappa shape index (κ2) is 12.8. The molecule has 11 heteroatoms. The first-order chi connectivity index (χ1) is 16.8. The van der Waals surface area contributed by atoms with Gasteiger partial charge in [0, 0.05) is 23.8 Å². The second-order valence-electron chi connectivity index (χ2n) is 7.22. The molecule has 3 rings (SSSR count). The predicted octanol–water partition coefficient (Wildman–Crippen LogP) is 4.08. The average molecular weight is 579 g/mol. The summed E-state index contributed by atoms with van der Waals surface area (Å²) in [6.45, 7) is 0.854. The zero-order chi connectivity index (χ0) is 25.3. The van der Waals surface area contributed by atoms with Gasteiger partial charge in [0.1, 0.15) is 12.4 Å². The maximum atomic E-state index is 12.8.